The Morgan fingerprint density at radius 3 is 2.21 bits per heavy atom. The Kier molecular flexibility index (Phi) is 5.93. The van der Waals surface area contributed by atoms with Gasteiger partial charge in [0.15, 0.2) is 12.5 Å². The van der Waals surface area contributed by atoms with Crippen LogP contribution in [0.5, 0.6) is 0 Å². The van der Waals surface area contributed by atoms with Crippen LogP contribution in [0.25, 0.3) is 17.1 Å². The van der Waals surface area contributed by atoms with E-state index in [0.29, 0.717) is 11.4 Å². The molecule has 146 valence electrons. The summed E-state index contributed by atoms with van der Waals surface area (Å²) in [5.74, 6) is 0.832. The molecule has 0 bridgehead atoms. The van der Waals surface area contributed by atoms with Crippen LogP contribution in [-0.4, -0.2) is 25.9 Å². The number of benzene rings is 2. The summed E-state index contributed by atoms with van der Waals surface area (Å²) in [6, 6.07) is 24.6. The largest absolute Gasteiger partial charge is 0.313 e. The molecule has 0 aliphatic rings. The van der Waals surface area contributed by atoms with Crippen LogP contribution in [-0.2, 0) is 13.2 Å². The molecule has 5 nitrogen and oxygen atoms in total. The molecule has 1 N–H and O–H groups in total. The predicted molar refractivity (Wildman–Crippen MR) is 117 cm³/mol. The van der Waals surface area contributed by atoms with E-state index in [0.717, 1.165) is 30.2 Å². The van der Waals surface area contributed by atoms with Gasteiger partial charge in [-0.1, -0.05) is 48.5 Å². The average molecular weight is 403 g/mol. The zero-order valence-corrected chi connectivity index (χ0v) is 17.2. The number of quaternary nitrogens is 1. The fraction of sp³-hybridized carbons (Fsp3) is 0.174. The lowest BCUT2D eigenvalue weighted by Crippen LogP contribution is -3.09. The Balaban J connectivity index is 1.72. The number of nitrogens with zero attached hydrogens (tertiary/aromatic N) is 4. The van der Waals surface area contributed by atoms with Gasteiger partial charge in [-0.05, 0) is 43.4 Å². The van der Waals surface area contributed by atoms with E-state index in [2.05, 4.69) is 48.3 Å². The molecule has 0 saturated heterocycles. The van der Waals surface area contributed by atoms with Gasteiger partial charge >= 0.3 is 0 Å². The molecule has 0 aliphatic heterocycles. The van der Waals surface area contributed by atoms with Crippen molar-refractivity contribution in [3.05, 3.63) is 95.5 Å². The topological polar surface area (TPSA) is 40.1 Å². The lowest BCUT2D eigenvalue weighted by atomic mass is 10.2. The molecule has 0 saturated carbocycles. The molecule has 1 unspecified atom stereocenters. The van der Waals surface area contributed by atoms with E-state index in [4.69, 9.17) is 17.3 Å². The summed E-state index contributed by atoms with van der Waals surface area (Å²) in [4.78, 5) is 5.53. The van der Waals surface area contributed by atoms with E-state index in [1.807, 2.05) is 45.6 Å². The standard InChI is InChI=1S/C23H23N5S/c1-2-26(17-19-9-5-3-6-10-19)18-27-23(29)28(21-11-7-4-8-12-21)22(25-27)20-13-15-24-16-14-20/h3-16H,2,17-18H2,1H3/p+1. The Bertz CT molecular complexity index is 1100. The van der Waals surface area contributed by atoms with Gasteiger partial charge in [0.2, 0.25) is 4.77 Å². The van der Waals surface area contributed by atoms with Crippen LogP contribution in [0.4, 0.5) is 0 Å². The molecule has 29 heavy (non-hydrogen) atoms. The average Bonchev–Trinajstić information content (AvgIpc) is 3.11. The van der Waals surface area contributed by atoms with Crippen LogP contribution in [0.1, 0.15) is 12.5 Å². The first kappa shape index (κ1) is 19.2. The monoisotopic (exact) mass is 402 g/mol. The molecule has 2 aromatic heterocycles. The van der Waals surface area contributed by atoms with Gasteiger partial charge < -0.3 is 4.90 Å². The zero-order chi connectivity index (χ0) is 20.1. The van der Waals surface area contributed by atoms with E-state index in [1.165, 1.54) is 10.5 Å². The summed E-state index contributed by atoms with van der Waals surface area (Å²) in [6.45, 7) is 4.82. The minimum Gasteiger partial charge on any atom is -0.313 e. The molecule has 6 heteroatoms. The summed E-state index contributed by atoms with van der Waals surface area (Å²) in [6.07, 6.45) is 3.57. The first-order chi connectivity index (χ1) is 14.3. The van der Waals surface area contributed by atoms with Gasteiger partial charge in [-0.25, -0.2) is 0 Å². The highest BCUT2D eigenvalue weighted by Crippen LogP contribution is 2.21. The lowest BCUT2D eigenvalue weighted by Gasteiger charge is -2.17. The molecule has 0 radical (unpaired) electrons. The molecule has 0 spiro atoms. The lowest BCUT2D eigenvalue weighted by molar-refractivity contribution is -0.935. The van der Waals surface area contributed by atoms with Crippen LogP contribution in [0.3, 0.4) is 0 Å². The number of hydrogen-bond acceptors (Lipinski definition) is 3. The highest BCUT2D eigenvalue weighted by Gasteiger charge is 2.17. The minimum atomic E-state index is 0.696. The fourth-order valence-corrected chi connectivity index (χ4v) is 3.69. The normalized spacial score (nSPS) is 12.0. The van der Waals surface area contributed by atoms with E-state index in [9.17, 15) is 0 Å². The van der Waals surface area contributed by atoms with Gasteiger partial charge in [0.1, 0.15) is 6.54 Å². The van der Waals surface area contributed by atoms with Crippen molar-refractivity contribution in [1.29, 1.82) is 0 Å². The van der Waals surface area contributed by atoms with Crippen molar-refractivity contribution in [3.63, 3.8) is 0 Å². The maximum Gasteiger partial charge on any atom is 0.207 e. The van der Waals surface area contributed by atoms with Gasteiger partial charge in [0.05, 0.1) is 6.54 Å². The third kappa shape index (κ3) is 4.34. The SMILES string of the molecule is CC[NH+](Cc1ccccc1)Cn1nc(-c2ccncc2)n(-c2ccccc2)c1=S. The number of rotatable bonds is 7. The highest BCUT2D eigenvalue weighted by molar-refractivity contribution is 7.71. The van der Waals surface area contributed by atoms with Gasteiger partial charge in [-0.2, -0.15) is 4.68 Å². The number of pyridine rings is 1. The van der Waals surface area contributed by atoms with E-state index >= 15 is 0 Å². The number of para-hydroxylation sites is 1. The van der Waals surface area contributed by atoms with Gasteiger partial charge in [-0.15, -0.1) is 5.10 Å². The van der Waals surface area contributed by atoms with E-state index in [-0.39, 0.29) is 0 Å². The minimum absolute atomic E-state index is 0.696. The molecule has 4 rings (SSSR count). The molecule has 0 fully saturated rings. The summed E-state index contributed by atoms with van der Waals surface area (Å²) < 4.78 is 4.68. The Labute approximate surface area is 175 Å². The summed E-state index contributed by atoms with van der Waals surface area (Å²) in [7, 11) is 0. The van der Waals surface area contributed by atoms with Crippen LogP contribution >= 0.6 is 12.2 Å². The summed E-state index contributed by atoms with van der Waals surface area (Å²) in [5, 5.41) is 4.91. The summed E-state index contributed by atoms with van der Waals surface area (Å²) >= 11 is 5.86. The van der Waals surface area contributed by atoms with E-state index in [1.54, 1.807) is 12.4 Å². The Morgan fingerprint density at radius 1 is 0.897 bits per heavy atom. The zero-order valence-electron chi connectivity index (χ0n) is 16.4. The molecule has 0 amide bonds. The van der Waals surface area contributed by atoms with Gasteiger partial charge in [0, 0.05) is 29.2 Å². The van der Waals surface area contributed by atoms with Crippen molar-refractivity contribution < 1.29 is 4.90 Å². The van der Waals surface area contributed by atoms with E-state index < -0.39 is 0 Å². The van der Waals surface area contributed by atoms with Crippen molar-refractivity contribution in [2.45, 2.75) is 20.1 Å². The second kappa shape index (κ2) is 8.94. The third-order valence-electron chi connectivity index (χ3n) is 4.96. The van der Waals surface area contributed by atoms with Crippen LogP contribution < -0.4 is 4.90 Å². The van der Waals surface area contributed by atoms with Crippen LogP contribution in [0.2, 0.25) is 0 Å². The molecular formula is C23H24N5S+. The second-order valence-electron chi connectivity index (χ2n) is 6.94. The molecule has 4 aromatic rings. The number of hydrogen-bond donors (Lipinski definition) is 1. The summed E-state index contributed by atoms with van der Waals surface area (Å²) in [5.41, 5.74) is 3.32. The molecule has 2 aromatic carbocycles. The number of nitrogens with one attached hydrogen (secondary N) is 1. The first-order valence-corrected chi connectivity index (χ1v) is 10.2. The van der Waals surface area contributed by atoms with Gasteiger partial charge in [-0.3, -0.25) is 9.55 Å². The molecular weight excluding hydrogens is 378 g/mol. The fourth-order valence-electron chi connectivity index (χ4n) is 3.40. The quantitative estimate of drug-likeness (QED) is 0.481. The predicted octanol–water partition coefficient (Wildman–Crippen LogP) is 3.53. The Morgan fingerprint density at radius 2 is 1.55 bits per heavy atom. The molecule has 2 heterocycles. The van der Waals surface area contributed by atoms with Gasteiger partial charge in [0.25, 0.3) is 0 Å². The Hall–Kier alpha value is -3.09. The molecule has 1 atom stereocenters. The third-order valence-corrected chi connectivity index (χ3v) is 5.36. The smallest absolute Gasteiger partial charge is 0.207 e. The maximum atomic E-state index is 5.86. The first-order valence-electron chi connectivity index (χ1n) is 9.79. The second-order valence-corrected chi connectivity index (χ2v) is 7.30. The maximum absolute atomic E-state index is 5.86. The number of aromatic nitrogens is 4. The molecule has 0 aliphatic carbocycles. The van der Waals surface area contributed by atoms with Crippen molar-refractivity contribution in [2.75, 3.05) is 6.54 Å². The van der Waals surface area contributed by atoms with Crippen molar-refractivity contribution in [2.24, 2.45) is 0 Å². The van der Waals surface area contributed by atoms with Crippen LogP contribution in [0.15, 0.2) is 85.2 Å². The highest BCUT2D eigenvalue weighted by atomic mass is 32.1. The van der Waals surface area contributed by atoms with Crippen LogP contribution in [0, 0.1) is 4.77 Å². The van der Waals surface area contributed by atoms with Crippen molar-refractivity contribution >= 4 is 12.2 Å². The van der Waals surface area contributed by atoms with Crippen molar-refractivity contribution in [3.8, 4) is 17.1 Å². The van der Waals surface area contributed by atoms with Crippen molar-refractivity contribution in [1.82, 2.24) is 19.3 Å².